The van der Waals surface area contributed by atoms with Crippen LogP contribution in [0.5, 0.6) is 5.75 Å². The van der Waals surface area contributed by atoms with Crippen molar-refractivity contribution in [2.45, 2.75) is 17.7 Å². The van der Waals surface area contributed by atoms with Gasteiger partial charge in [-0.2, -0.15) is 0 Å². The minimum atomic E-state index is 0.646. The largest absolute Gasteiger partial charge is 0.494 e. The molecule has 0 N–H and O–H groups in total. The molecule has 118 valence electrons. The number of pyridine rings is 1. The van der Waals surface area contributed by atoms with Gasteiger partial charge in [0.1, 0.15) is 11.3 Å². The number of nitrogens with zero attached hydrogens (tertiary/aromatic N) is 1. The van der Waals surface area contributed by atoms with Crippen LogP contribution in [0.3, 0.4) is 0 Å². The zero-order chi connectivity index (χ0) is 16.4. The van der Waals surface area contributed by atoms with Crippen molar-refractivity contribution in [2.24, 2.45) is 0 Å². The third-order valence-corrected chi connectivity index (χ3v) is 5.14. The Bertz CT molecular complexity index is 867. The number of benzene rings is 2. The average molecular weight is 364 g/mol. The van der Waals surface area contributed by atoms with Crippen LogP contribution in [-0.4, -0.2) is 12.1 Å². The SMILES string of the molecule is COc1cccc2c(C)cc(SCc3ccc(Cl)cc3Cl)nc12. The molecule has 1 heterocycles. The average Bonchev–Trinajstić information content (AvgIpc) is 2.53. The van der Waals surface area contributed by atoms with Crippen molar-refractivity contribution in [1.29, 1.82) is 0 Å². The third-order valence-electron chi connectivity index (χ3n) is 3.60. The van der Waals surface area contributed by atoms with Crippen LogP contribution >= 0.6 is 35.0 Å². The van der Waals surface area contributed by atoms with E-state index < -0.39 is 0 Å². The second-order valence-electron chi connectivity index (χ2n) is 5.16. The normalized spacial score (nSPS) is 11.0. The lowest BCUT2D eigenvalue weighted by molar-refractivity contribution is 0.418. The lowest BCUT2D eigenvalue weighted by Crippen LogP contribution is -1.92. The summed E-state index contributed by atoms with van der Waals surface area (Å²) in [6.07, 6.45) is 0. The van der Waals surface area contributed by atoms with Crippen LogP contribution < -0.4 is 4.74 Å². The summed E-state index contributed by atoms with van der Waals surface area (Å²) in [5, 5.41) is 3.39. The molecule has 2 aromatic carbocycles. The fraction of sp³-hybridized carbons (Fsp3) is 0.167. The van der Waals surface area contributed by atoms with Crippen LogP contribution in [-0.2, 0) is 5.75 Å². The van der Waals surface area contributed by atoms with Gasteiger partial charge in [-0.15, -0.1) is 11.8 Å². The Morgan fingerprint density at radius 3 is 2.70 bits per heavy atom. The molecule has 5 heteroatoms. The highest BCUT2D eigenvalue weighted by atomic mass is 35.5. The van der Waals surface area contributed by atoms with Crippen molar-refractivity contribution in [3.63, 3.8) is 0 Å². The van der Waals surface area contributed by atoms with Gasteiger partial charge in [0.15, 0.2) is 0 Å². The summed E-state index contributed by atoms with van der Waals surface area (Å²) in [6.45, 7) is 2.09. The smallest absolute Gasteiger partial charge is 0.145 e. The number of aromatic nitrogens is 1. The Hall–Kier alpha value is -1.42. The fourth-order valence-corrected chi connectivity index (χ4v) is 3.92. The maximum absolute atomic E-state index is 6.23. The standard InChI is InChI=1S/C18H15Cl2NOS/c1-11-8-17(21-18-14(11)4-3-5-16(18)22-2)23-10-12-6-7-13(19)9-15(12)20/h3-9H,10H2,1-2H3. The minimum Gasteiger partial charge on any atom is -0.494 e. The van der Waals surface area contributed by atoms with Crippen molar-refractivity contribution >= 4 is 45.9 Å². The van der Waals surface area contributed by atoms with Gasteiger partial charge in [0, 0.05) is 21.2 Å². The van der Waals surface area contributed by atoms with E-state index in [1.807, 2.05) is 24.3 Å². The van der Waals surface area contributed by atoms with Gasteiger partial charge in [-0.3, -0.25) is 0 Å². The van der Waals surface area contributed by atoms with Gasteiger partial charge in [-0.05, 0) is 42.3 Å². The van der Waals surface area contributed by atoms with E-state index in [0.29, 0.717) is 10.0 Å². The number of rotatable bonds is 4. The number of halogens is 2. The van der Waals surface area contributed by atoms with Crippen molar-refractivity contribution in [3.8, 4) is 5.75 Å². The molecule has 1 aromatic heterocycles. The second kappa shape index (κ2) is 7.00. The highest BCUT2D eigenvalue weighted by Crippen LogP contribution is 2.32. The monoisotopic (exact) mass is 363 g/mol. The van der Waals surface area contributed by atoms with Gasteiger partial charge < -0.3 is 4.74 Å². The van der Waals surface area contributed by atoms with Crippen LogP contribution in [0.1, 0.15) is 11.1 Å². The zero-order valence-electron chi connectivity index (χ0n) is 12.8. The maximum atomic E-state index is 6.23. The molecule has 0 bridgehead atoms. The first-order chi connectivity index (χ1) is 11.1. The Balaban J connectivity index is 1.91. The Morgan fingerprint density at radius 2 is 1.96 bits per heavy atom. The quantitative estimate of drug-likeness (QED) is 0.518. The van der Waals surface area contributed by atoms with Gasteiger partial charge in [0.2, 0.25) is 0 Å². The summed E-state index contributed by atoms with van der Waals surface area (Å²) in [6, 6.07) is 13.6. The van der Waals surface area contributed by atoms with E-state index in [9.17, 15) is 0 Å². The van der Waals surface area contributed by atoms with Crippen LogP contribution in [0, 0.1) is 6.92 Å². The first kappa shape index (κ1) is 16.4. The van der Waals surface area contributed by atoms with Crippen LogP contribution in [0.4, 0.5) is 0 Å². The number of thioether (sulfide) groups is 1. The van der Waals surface area contributed by atoms with E-state index in [0.717, 1.165) is 33.0 Å². The predicted molar refractivity (Wildman–Crippen MR) is 99.1 cm³/mol. The number of para-hydroxylation sites is 1. The third kappa shape index (κ3) is 3.57. The fourth-order valence-electron chi connectivity index (χ4n) is 2.39. The molecular formula is C18H15Cl2NOS. The lowest BCUT2D eigenvalue weighted by Gasteiger charge is -2.10. The van der Waals surface area contributed by atoms with E-state index >= 15 is 0 Å². The highest BCUT2D eigenvalue weighted by Gasteiger charge is 2.09. The van der Waals surface area contributed by atoms with Crippen molar-refractivity contribution in [2.75, 3.05) is 7.11 Å². The molecule has 0 unspecified atom stereocenters. The van der Waals surface area contributed by atoms with Crippen LogP contribution in [0.2, 0.25) is 10.0 Å². The molecular weight excluding hydrogens is 349 g/mol. The van der Waals surface area contributed by atoms with E-state index in [-0.39, 0.29) is 0 Å². The summed E-state index contributed by atoms with van der Waals surface area (Å²) in [4.78, 5) is 4.74. The van der Waals surface area contributed by atoms with Gasteiger partial charge >= 0.3 is 0 Å². The first-order valence-corrected chi connectivity index (χ1v) is 8.83. The molecule has 3 rings (SSSR count). The summed E-state index contributed by atoms with van der Waals surface area (Å²) in [7, 11) is 1.67. The Kier molecular flexibility index (Phi) is 5.00. The molecule has 0 aliphatic carbocycles. The van der Waals surface area contributed by atoms with Gasteiger partial charge in [-0.25, -0.2) is 4.98 Å². The molecule has 0 atom stereocenters. The van der Waals surface area contributed by atoms with Crippen molar-refractivity contribution in [1.82, 2.24) is 4.98 Å². The molecule has 2 nitrogen and oxygen atoms in total. The Morgan fingerprint density at radius 1 is 1.13 bits per heavy atom. The molecule has 0 amide bonds. The highest BCUT2D eigenvalue weighted by molar-refractivity contribution is 7.98. The molecule has 0 saturated carbocycles. The minimum absolute atomic E-state index is 0.646. The molecule has 23 heavy (non-hydrogen) atoms. The molecule has 0 fully saturated rings. The number of methoxy groups -OCH3 is 1. The van der Waals surface area contributed by atoms with Gasteiger partial charge in [0.05, 0.1) is 12.1 Å². The van der Waals surface area contributed by atoms with E-state index in [1.54, 1.807) is 24.9 Å². The number of ether oxygens (including phenoxy) is 1. The molecule has 0 spiro atoms. The van der Waals surface area contributed by atoms with Crippen molar-refractivity contribution in [3.05, 3.63) is 63.6 Å². The predicted octanol–water partition coefficient (Wildman–Crippen LogP) is 6.15. The molecule has 0 saturated heterocycles. The molecule has 3 aromatic rings. The molecule has 0 aliphatic heterocycles. The summed E-state index contributed by atoms with van der Waals surface area (Å²) in [5.74, 6) is 1.53. The van der Waals surface area contributed by atoms with Crippen LogP contribution in [0.25, 0.3) is 10.9 Å². The number of hydrogen-bond donors (Lipinski definition) is 0. The van der Waals surface area contributed by atoms with Crippen LogP contribution in [0.15, 0.2) is 47.5 Å². The zero-order valence-corrected chi connectivity index (χ0v) is 15.1. The lowest BCUT2D eigenvalue weighted by atomic mass is 10.1. The van der Waals surface area contributed by atoms with Gasteiger partial charge in [-0.1, -0.05) is 41.4 Å². The molecule has 0 radical (unpaired) electrons. The number of fused-ring (bicyclic) bond motifs is 1. The molecule has 0 aliphatic rings. The summed E-state index contributed by atoms with van der Waals surface area (Å²) in [5.41, 5.74) is 3.11. The first-order valence-electron chi connectivity index (χ1n) is 7.09. The maximum Gasteiger partial charge on any atom is 0.145 e. The Labute approximate surface area is 149 Å². The number of hydrogen-bond acceptors (Lipinski definition) is 3. The topological polar surface area (TPSA) is 22.1 Å². The van der Waals surface area contributed by atoms with E-state index in [4.69, 9.17) is 32.9 Å². The van der Waals surface area contributed by atoms with Crippen molar-refractivity contribution < 1.29 is 4.74 Å². The second-order valence-corrected chi connectivity index (χ2v) is 7.00. The summed E-state index contributed by atoms with van der Waals surface area (Å²) < 4.78 is 5.42. The number of aryl methyl sites for hydroxylation is 1. The van der Waals surface area contributed by atoms with Gasteiger partial charge in [0.25, 0.3) is 0 Å². The summed E-state index contributed by atoms with van der Waals surface area (Å²) >= 11 is 13.8. The van der Waals surface area contributed by atoms with E-state index in [1.165, 1.54) is 5.56 Å². The van der Waals surface area contributed by atoms with E-state index in [2.05, 4.69) is 19.1 Å².